The molecule has 0 rings (SSSR count). The zero-order valence-corrected chi connectivity index (χ0v) is 5.68. The standard InChI is InChI=1S/C5H7F3O3/c1-3(11-4(9)10)2-5(6,7)8/h3H,2H2,1H3,(H,9,10). The van der Waals surface area contributed by atoms with E-state index in [0.717, 1.165) is 6.92 Å². The van der Waals surface area contributed by atoms with E-state index in [-0.39, 0.29) is 0 Å². The van der Waals surface area contributed by atoms with Crippen molar-refractivity contribution in [2.45, 2.75) is 25.6 Å². The molecule has 0 amide bonds. The van der Waals surface area contributed by atoms with E-state index in [1.807, 2.05) is 0 Å². The Balaban J connectivity index is 3.69. The minimum atomic E-state index is -4.38. The number of rotatable bonds is 2. The van der Waals surface area contributed by atoms with Crippen LogP contribution in [0.5, 0.6) is 0 Å². The van der Waals surface area contributed by atoms with Crippen LogP contribution in [0.4, 0.5) is 18.0 Å². The van der Waals surface area contributed by atoms with Gasteiger partial charge in [0.25, 0.3) is 0 Å². The molecule has 0 aromatic carbocycles. The summed E-state index contributed by atoms with van der Waals surface area (Å²) in [6, 6.07) is 0. The zero-order chi connectivity index (χ0) is 9.07. The predicted molar refractivity (Wildman–Crippen MR) is 29.2 cm³/mol. The minimum absolute atomic E-state index is 1.04. The summed E-state index contributed by atoms with van der Waals surface area (Å²) in [7, 11) is 0. The number of carboxylic acid groups (broad SMARTS) is 1. The van der Waals surface area contributed by atoms with E-state index in [9.17, 15) is 18.0 Å². The molecule has 6 heteroatoms. The lowest BCUT2D eigenvalue weighted by molar-refractivity contribution is -0.153. The number of halogens is 3. The second-order valence-corrected chi connectivity index (χ2v) is 2.01. The van der Waals surface area contributed by atoms with Gasteiger partial charge in [0.15, 0.2) is 0 Å². The van der Waals surface area contributed by atoms with Crippen LogP contribution in [0.1, 0.15) is 13.3 Å². The molecule has 0 bridgehead atoms. The van der Waals surface area contributed by atoms with Gasteiger partial charge in [-0.2, -0.15) is 13.2 Å². The Labute approximate surface area is 60.8 Å². The number of carbonyl (C=O) groups is 1. The van der Waals surface area contributed by atoms with Gasteiger partial charge in [-0.3, -0.25) is 0 Å². The third-order valence-electron chi connectivity index (χ3n) is 0.821. The van der Waals surface area contributed by atoms with Crippen molar-refractivity contribution in [2.75, 3.05) is 0 Å². The minimum Gasteiger partial charge on any atom is -0.450 e. The molecule has 0 saturated heterocycles. The topological polar surface area (TPSA) is 46.5 Å². The van der Waals surface area contributed by atoms with Crippen LogP contribution in [0, 0.1) is 0 Å². The molecular formula is C5H7F3O3. The van der Waals surface area contributed by atoms with Crippen LogP contribution in [0.15, 0.2) is 0 Å². The summed E-state index contributed by atoms with van der Waals surface area (Å²) in [4.78, 5) is 9.71. The maximum absolute atomic E-state index is 11.5. The Hall–Kier alpha value is -0.940. The first-order chi connectivity index (χ1) is 4.81. The maximum Gasteiger partial charge on any atom is 0.506 e. The highest BCUT2D eigenvalue weighted by Gasteiger charge is 2.31. The van der Waals surface area contributed by atoms with Crippen molar-refractivity contribution in [1.29, 1.82) is 0 Å². The molecule has 0 spiro atoms. The molecule has 66 valence electrons. The number of hydrogen-bond acceptors (Lipinski definition) is 2. The van der Waals surface area contributed by atoms with E-state index < -0.39 is 24.9 Å². The van der Waals surface area contributed by atoms with Gasteiger partial charge >= 0.3 is 12.3 Å². The summed E-state index contributed by atoms with van der Waals surface area (Å²) >= 11 is 0. The second kappa shape index (κ2) is 3.45. The molecule has 1 unspecified atom stereocenters. The summed E-state index contributed by atoms with van der Waals surface area (Å²) in [5.41, 5.74) is 0. The molecule has 1 atom stereocenters. The first-order valence-corrected chi connectivity index (χ1v) is 2.77. The van der Waals surface area contributed by atoms with E-state index in [1.165, 1.54) is 0 Å². The third-order valence-corrected chi connectivity index (χ3v) is 0.821. The van der Waals surface area contributed by atoms with Gasteiger partial charge in [-0.25, -0.2) is 4.79 Å². The van der Waals surface area contributed by atoms with E-state index in [4.69, 9.17) is 5.11 Å². The molecule has 0 heterocycles. The Morgan fingerprint density at radius 1 is 1.64 bits per heavy atom. The Morgan fingerprint density at radius 2 is 2.09 bits per heavy atom. The SMILES string of the molecule is CC(CC(F)(F)F)OC(=O)O. The van der Waals surface area contributed by atoms with Crippen LogP contribution in [0.3, 0.4) is 0 Å². The fourth-order valence-corrected chi connectivity index (χ4v) is 0.540. The molecule has 0 aromatic rings. The van der Waals surface area contributed by atoms with Crippen molar-refractivity contribution in [1.82, 2.24) is 0 Å². The lowest BCUT2D eigenvalue weighted by Gasteiger charge is -2.12. The monoisotopic (exact) mass is 172 g/mol. The van der Waals surface area contributed by atoms with Gasteiger partial charge in [0.2, 0.25) is 0 Å². The Kier molecular flexibility index (Phi) is 3.16. The highest BCUT2D eigenvalue weighted by Crippen LogP contribution is 2.22. The molecule has 0 aliphatic rings. The zero-order valence-electron chi connectivity index (χ0n) is 5.68. The molecular weight excluding hydrogens is 165 g/mol. The fraction of sp³-hybridized carbons (Fsp3) is 0.800. The molecule has 3 nitrogen and oxygen atoms in total. The van der Waals surface area contributed by atoms with Crippen molar-refractivity contribution < 1.29 is 27.8 Å². The molecule has 11 heavy (non-hydrogen) atoms. The molecule has 0 radical (unpaired) electrons. The van der Waals surface area contributed by atoms with E-state index in [2.05, 4.69) is 4.74 Å². The van der Waals surface area contributed by atoms with Gasteiger partial charge in [-0.1, -0.05) is 0 Å². The molecule has 0 fully saturated rings. The van der Waals surface area contributed by atoms with Crippen LogP contribution in [0.25, 0.3) is 0 Å². The third kappa shape index (κ3) is 6.95. The van der Waals surface area contributed by atoms with Crippen molar-refractivity contribution in [3.8, 4) is 0 Å². The van der Waals surface area contributed by atoms with Crippen LogP contribution < -0.4 is 0 Å². The Morgan fingerprint density at radius 3 is 2.36 bits per heavy atom. The highest BCUT2D eigenvalue weighted by atomic mass is 19.4. The maximum atomic E-state index is 11.5. The first-order valence-electron chi connectivity index (χ1n) is 2.77. The van der Waals surface area contributed by atoms with Gasteiger partial charge < -0.3 is 9.84 Å². The van der Waals surface area contributed by atoms with Crippen LogP contribution in [-0.4, -0.2) is 23.5 Å². The number of ether oxygens (including phenoxy) is 1. The van der Waals surface area contributed by atoms with Crippen LogP contribution in [-0.2, 0) is 4.74 Å². The van der Waals surface area contributed by atoms with Gasteiger partial charge in [0.05, 0.1) is 6.42 Å². The number of hydrogen-bond donors (Lipinski definition) is 1. The molecule has 0 aliphatic carbocycles. The molecule has 0 aromatic heterocycles. The highest BCUT2D eigenvalue weighted by molar-refractivity contribution is 5.56. The predicted octanol–water partition coefficient (Wildman–Crippen LogP) is 2.02. The van der Waals surface area contributed by atoms with Crippen molar-refractivity contribution in [3.63, 3.8) is 0 Å². The Bertz CT molecular complexity index is 142. The summed E-state index contributed by atoms with van der Waals surface area (Å²) in [6.45, 7) is 1.04. The van der Waals surface area contributed by atoms with Gasteiger partial charge in [0.1, 0.15) is 6.10 Å². The summed E-state index contributed by atoms with van der Waals surface area (Å²) in [5, 5.41) is 7.89. The largest absolute Gasteiger partial charge is 0.506 e. The van der Waals surface area contributed by atoms with Crippen LogP contribution >= 0.6 is 0 Å². The van der Waals surface area contributed by atoms with Crippen molar-refractivity contribution in [2.24, 2.45) is 0 Å². The van der Waals surface area contributed by atoms with E-state index >= 15 is 0 Å². The van der Waals surface area contributed by atoms with E-state index in [0.29, 0.717) is 0 Å². The van der Waals surface area contributed by atoms with Gasteiger partial charge in [-0.15, -0.1) is 0 Å². The van der Waals surface area contributed by atoms with E-state index in [1.54, 1.807) is 0 Å². The lowest BCUT2D eigenvalue weighted by atomic mass is 10.3. The quantitative estimate of drug-likeness (QED) is 0.648. The normalized spacial score (nSPS) is 14.2. The summed E-state index contributed by atoms with van der Waals surface area (Å²) in [5.74, 6) is 0. The van der Waals surface area contributed by atoms with Gasteiger partial charge in [0, 0.05) is 0 Å². The van der Waals surface area contributed by atoms with Crippen molar-refractivity contribution in [3.05, 3.63) is 0 Å². The summed E-state index contributed by atoms with van der Waals surface area (Å²) < 4.78 is 38.3. The fourth-order valence-electron chi connectivity index (χ4n) is 0.540. The average molecular weight is 172 g/mol. The second-order valence-electron chi connectivity index (χ2n) is 2.01. The molecule has 1 N–H and O–H groups in total. The first kappa shape index (κ1) is 10.1. The lowest BCUT2D eigenvalue weighted by Crippen LogP contribution is -2.21. The van der Waals surface area contributed by atoms with Crippen molar-refractivity contribution >= 4 is 6.16 Å². The van der Waals surface area contributed by atoms with Gasteiger partial charge in [-0.05, 0) is 6.92 Å². The molecule has 0 aliphatic heterocycles. The average Bonchev–Trinajstić information content (AvgIpc) is 1.53. The smallest absolute Gasteiger partial charge is 0.450 e. The summed E-state index contributed by atoms with van der Waals surface area (Å²) in [6.07, 6.45) is -8.66. The van der Waals surface area contributed by atoms with Crippen LogP contribution in [0.2, 0.25) is 0 Å². The molecule has 0 saturated carbocycles. The number of alkyl halides is 3.